The maximum Gasteiger partial charge on any atom is 0.257 e. The lowest BCUT2D eigenvalue weighted by atomic mass is 9.97. The molecule has 0 aromatic heterocycles. The molecule has 130 valence electrons. The number of Topliss-reactive ketones (excluding diaryl/α,β-unsaturated/α-hetero) is 1. The van der Waals surface area contributed by atoms with Crippen LogP contribution in [-0.2, 0) is 11.2 Å². The molecule has 0 aliphatic carbocycles. The summed E-state index contributed by atoms with van der Waals surface area (Å²) >= 11 is 6.12. The Labute approximate surface area is 146 Å². The van der Waals surface area contributed by atoms with E-state index in [1.165, 1.54) is 4.90 Å². The van der Waals surface area contributed by atoms with E-state index in [2.05, 4.69) is 12.2 Å². The van der Waals surface area contributed by atoms with Crippen LogP contribution in [0.3, 0.4) is 0 Å². The number of nitrogens with zero attached hydrogens (tertiary/aromatic N) is 1. The fraction of sp³-hybridized carbons (Fsp3) is 0.444. The van der Waals surface area contributed by atoms with Gasteiger partial charge in [-0.3, -0.25) is 9.59 Å². The Morgan fingerprint density at radius 2 is 1.75 bits per heavy atom. The number of aromatic hydroxyl groups is 2. The van der Waals surface area contributed by atoms with Crippen molar-refractivity contribution in [3.05, 3.63) is 34.4 Å². The van der Waals surface area contributed by atoms with Gasteiger partial charge in [-0.15, -0.1) is 0 Å². The van der Waals surface area contributed by atoms with Crippen molar-refractivity contribution >= 4 is 23.3 Å². The van der Waals surface area contributed by atoms with Crippen LogP contribution in [0.1, 0.15) is 48.0 Å². The Balaban J connectivity index is 2.45. The van der Waals surface area contributed by atoms with Gasteiger partial charge in [-0.25, -0.2) is 0 Å². The second kappa shape index (κ2) is 8.20. The van der Waals surface area contributed by atoms with Crippen molar-refractivity contribution < 1.29 is 19.8 Å². The highest BCUT2D eigenvalue weighted by atomic mass is 35.5. The van der Waals surface area contributed by atoms with Crippen LogP contribution >= 0.6 is 11.6 Å². The Hall–Kier alpha value is -2.01. The molecule has 0 saturated carbocycles. The normalized spacial score (nSPS) is 18.8. The number of carbonyl (C=O) groups excluding carboxylic acids is 2. The summed E-state index contributed by atoms with van der Waals surface area (Å²) < 4.78 is 0. The topological polar surface area (TPSA) is 77.8 Å². The smallest absolute Gasteiger partial charge is 0.257 e. The zero-order chi connectivity index (χ0) is 17.7. The summed E-state index contributed by atoms with van der Waals surface area (Å²) in [4.78, 5) is 26.4. The Kier molecular flexibility index (Phi) is 6.26. The fourth-order valence-electron chi connectivity index (χ4n) is 2.77. The van der Waals surface area contributed by atoms with Crippen LogP contribution in [0.25, 0.3) is 0 Å². The molecule has 1 aliphatic rings. The highest BCUT2D eigenvalue weighted by Gasteiger charge is 2.25. The summed E-state index contributed by atoms with van der Waals surface area (Å²) in [5.41, 5.74) is 0.199. The number of phenols is 2. The number of hydrogen-bond acceptors (Lipinski definition) is 4. The highest BCUT2D eigenvalue weighted by Crippen LogP contribution is 2.37. The van der Waals surface area contributed by atoms with Gasteiger partial charge in [0, 0.05) is 32.5 Å². The van der Waals surface area contributed by atoms with Crippen molar-refractivity contribution in [2.24, 2.45) is 0 Å². The lowest BCUT2D eigenvalue weighted by Gasteiger charge is -2.21. The molecule has 0 atom stereocenters. The van der Waals surface area contributed by atoms with Gasteiger partial charge >= 0.3 is 0 Å². The molecular weight excluding hydrogens is 330 g/mol. The number of halogens is 1. The third-order valence-corrected chi connectivity index (χ3v) is 4.53. The third kappa shape index (κ3) is 4.29. The van der Waals surface area contributed by atoms with Gasteiger partial charge in [0.15, 0.2) is 0 Å². The van der Waals surface area contributed by atoms with Gasteiger partial charge < -0.3 is 15.1 Å². The number of carbonyl (C=O) groups is 2. The van der Waals surface area contributed by atoms with Crippen molar-refractivity contribution in [1.82, 2.24) is 4.90 Å². The van der Waals surface area contributed by atoms with E-state index in [4.69, 9.17) is 11.6 Å². The van der Waals surface area contributed by atoms with Gasteiger partial charge in [0.1, 0.15) is 17.3 Å². The van der Waals surface area contributed by atoms with Gasteiger partial charge in [0.05, 0.1) is 10.6 Å². The SMILES string of the molecule is CN1CCC/C=C\CCCC(=O)Cc2c(Cl)c(O)cc(O)c2C1=O. The average molecular weight is 352 g/mol. The fourth-order valence-corrected chi connectivity index (χ4v) is 2.98. The molecule has 0 bridgehead atoms. The van der Waals surface area contributed by atoms with Gasteiger partial charge in [-0.1, -0.05) is 23.8 Å². The molecule has 2 rings (SSSR count). The first-order valence-corrected chi connectivity index (χ1v) is 8.45. The molecule has 0 radical (unpaired) electrons. The van der Waals surface area contributed by atoms with Gasteiger partial charge in [-0.05, 0) is 31.2 Å². The third-order valence-electron chi connectivity index (χ3n) is 4.11. The van der Waals surface area contributed by atoms with Crippen LogP contribution in [0.15, 0.2) is 18.2 Å². The average Bonchev–Trinajstić information content (AvgIpc) is 2.53. The summed E-state index contributed by atoms with van der Waals surface area (Å²) in [7, 11) is 1.64. The Morgan fingerprint density at radius 3 is 2.46 bits per heavy atom. The first-order chi connectivity index (χ1) is 11.4. The van der Waals surface area contributed by atoms with Crippen molar-refractivity contribution in [3.8, 4) is 11.5 Å². The molecule has 1 aromatic rings. The first-order valence-electron chi connectivity index (χ1n) is 8.07. The minimum atomic E-state index is -0.404. The van der Waals surface area contributed by atoms with Crippen LogP contribution in [0.4, 0.5) is 0 Å². The zero-order valence-corrected chi connectivity index (χ0v) is 14.5. The minimum Gasteiger partial charge on any atom is -0.507 e. The van der Waals surface area contributed by atoms with E-state index in [0.717, 1.165) is 31.7 Å². The van der Waals surface area contributed by atoms with Crippen LogP contribution in [-0.4, -0.2) is 40.4 Å². The number of hydrogen-bond donors (Lipinski definition) is 2. The maximum absolute atomic E-state index is 12.7. The Morgan fingerprint density at radius 1 is 1.08 bits per heavy atom. The summed E-state index contributed by atoms with van der Waals surface area (Å²) in [6.07, 6.45) is 7.60. The summed E-state index contributed by atoms with van der Waals surface area (Å²) in [6, 6.07) is 1.04. The quantitative estimate of drug-likeness (QED) is 0.702. The second-order valence-electron chi connectivity index (χ2n) is 6.03. The van der Waals surface area contributed by atoms with Crippen molar-refractivity contribution in [1.29, 1.82) is 0 Å². The molecule has 1 aromatic carbocycles. The van der Waals surface area contributed by atoms with Gasteiger partial charge in [-0.2, -0.15) is 0 Å². The molecule has 1 heterocycles. The molecule has 1 amide bonds. The molecule has 6 heteroatoms. The standard InChI is InChI=1S/C18H22ClNO4/c1-20-9-7-5-3-2-4-6-8-12(21)10-13-16(18(20)24)14(22)11-15(23)17(13)19/h2-3,11,22-23H,4-10H2,1H3/b3-2-. The van der Waals surface area contributed by atoms with Crippen LogP contribution < -0.4 is 0 Å². The van der Waals surface area contributed by atoms with Crippen LogP contribution in [0.2, 0.25) is 5.02 Å². The molecular formula is C18H22ClNO4. The molecule has 1 aliphatic heterocycles. The first kappa shape index (κ1) is 18.3. The number of rotatable bonds is 0. The van der Waals surface area contributed by atoms with E-state index in [0.29, 0.717) is 13.0 Å². The van der Waals surface area contributed by atoms with Crippen molar-refractivity contribution in [2.75, 3.05) is 13.6 Å². The van der Waals surface area contributed by atoms with Gasteiger partial charge in [0.2, 0.25) is 0 Å². The summed E-state index contributed by atoms with van der Waals surface area (Å²) in [5, 5.41) is 19.9. The van der Waals surface area contributed by atoms with Gasteiger partial charge in [0.25, 0.3) is 5.91 Å². The number of fused-ring (bicyclic) bond motifs is 1. The lowest BCUT2D eigenvalue weighted by molar-refractivity contribution is -0.118. The van der Waals surface area contributed by atoms with E-state index < -0.39 is 5.91 Å². The van der Waals surface area contributed by atoms with Crippen LogP contribution in [0, 0.1) is 0 Å². The predicted octanol–water partition coefficient (Wildman–Crippen LogP) is 3.46. The predicted molar refractivity (Wildman–Crippen MR) is 92.7 cm³/mol. The molecule has 24 heavy (non-hydrogen) atoms. The number of allylic oxidation sites excluding steroid dienone is 2. The lowest BCUT2D eigenvalue weighted by Crippen LogP contribution is -2.29. The summed E-state index contributed by atoms with van der Waals surface area (Å²) in [5.74, 6) is -1.17. The molecule has 0 fully saturated rings. The van der Waals surface area contributed by atoms with Crippen molar-refractivity contribution in [2.45, 2.75) is 38.5 Å². The van der Waals surface area contributed by atoms with E-state index in [1.807, 2.05) is 0 Å². The minimum absolute atomic E-state index is 0.00116. The largest absolute Gasteiger partial charge is 0.507 e. The maximum atomic E-state index is 12.7. The number of amides is 1. The molecule has 2 N–H and O–H groups in total. The molecule has 0 unspecified atom stereocenters. The zero-order valence-electron chi connectivity index (χ0n) is 13.7. The number of ketones is 1. The van der Waals surface area contributed by atoms with E-state index >= 15 is 0 Å². The summed E-state index contributed by atoms with van der Waals surface area (Å²) in [6.45, 7) is 0.522. The second-order valence-corrected chi connectivity index (χ2v) is 6.41. The Bertz CT molecular complexity index is 669. The van der Waals surface area contributed by atoms with E-state index in [1.54, 1.807) is 7.05 Å². The molecule has 0 spiro atoms. The van der Waals surface area contributed by atoms with Crippen molar-refractivity contribution in [3.63, 3.8) is 0 Å². The number of benzene rings is 1. The van der Waals surface area contributed by atoms with E-state index in [9.17, 15) is 19.8 Å². The monoisotopic (exact) mass is 351 g/mol. The number of phenolic OH excluding ortho intramolecular Hbond substituents is 2. The highest BCUT2D eigenvalue weighted by molar-refractivity contribution is 6.33. The van der Waals surface area contributed by atoms with E-state index in [-0.39, 0.29) is 39.9 Å². The van der Waals surface area contributed by atoms with Crippen LogP contribution in [0.5, 0.6) is 11.5 Å². The molecule has 0 saturated heterocycles. The molecule has 5 nitrogen and oxygen atoms in total.